The molecular formula is C14H13N7O2. The summed E-state index contributed by atoms with van der Waals surface area (Å²) in [4.78, 5) is 21.2. The minimum atomic E-state index is -0.216. The summed E-state index contributed by atoms with van der Waals surface area (Å²) in [5.41, 5.74) is 1.30. The Hall–Kier alpha value is -3.07. The second-order valence-electron chi connectivity index (χ2n) is 5.13. The molecule has 9 nitrogen and oxygen atoms in total. The van der Waals surface area contributed by atoms with Crippen LogP contribution in [0.15, 0.2) is 29.3 Å². The van der Waals surface area contributed by atoms with E-state index in [0.29, 0.717) is 28.3 Å². The first kappa shape index (κ1) is 13.6. The highest BCUT2D eigenvalue weighted by Crippen LogP contribution is 2.12. The van der Waals surface area contributed by atoms with Gasteiger partial charge >= 0.3 is 0 Å². The first-order valence-corrected chi connectivity index (χ1v) is 6.95. The van der Waals surface area contributed by atoms with Gasteiger partial charge in [0.05, 0.1) is 10.9 Å². The van der Waals surface area contributed by atoms with Crippen molar-refractivity contribution in [3.63, 3.8) is 0 Å². The topological polar surface area (TPSA) is 103 Å². The molecule has 0 saturated carbocycles. The van der Waals surface area contributed by atoms with Gasteiger partial charge in [0.15, 0.2) is 11.6 Å². The Kier molecular flexibility index (Phi) is 2.95. The Balaban J connectivity index is 1.97. The van der Waals surface area contributed by atoms with Gasteiger partial charge in [0.25, 0.3) is 11.3 Å². The molecule has 0 spiro atoms. The van der Waals surface area contributed by atoms with Gasteiger partial charge < -0.3 is 4.74 Å². The molecule has 0 aliphatic carbocycles. The number of fused-ring (bicyclic) bond motifs is 3. The number of ether oxygens (including phenoxy) is 1. The van der Waals surface area contributed by atoms with Crippen LogP contribution >= 0.6 is 0 Å². The molecule has 4 rings (SSSR count). The van der Waals surface area contributed by atoms with E-state index < -0.39 is 0 Å². The molecule has 4 aromatic heterocycles. The molecule has 0 aliphatic heterocycles. The number of pyridine rings is 1. The van der Waals surface area contributed by atoms with Crippen molar-refractivity contribution in [1.29, 1.82) is 0 Å². The van der Waals surface area contributed by atoms with Crippen molar-refractivity contribution in [3.05, 3.63) is 46.4 Å². The van der Waals surface area contributed by atoms with Gasteiger partial charge in [-0.15, -0.1) is 5.10 Å². The molecule has 4 heterocycles. The normalized spacial score (nSPS) is 11.6. The van der Waals surface area contributed by atoms with Crippen molar-refractivity contribution in [2.75, 3.05) is 7.11 Å². The standard InChI is InChI=1S/C14H13N7O2/c1-8-5-12(18-17-8)20-4-3-10-9(13(20)22)6-15-14-16-11(7-23-2)19-21(10)14/h3-6H,7H2,1-2H3,(H,17,18). The van der Waals surface area contributed by atoms with Gasteiger partial charge in [0, 0.05) is 31.3 Å². The first-order valence-electron chi connectivity index (χ1n) is 6.95. The van der Waals surface area contributed by atoms with E-state index in [0.717, 1.165) is 5.69 Å². The zero-order chi connectivity index (χ0) is 16.0. The van der Waals surface area contributed by atoms with Crippen LogP contribution in [-0.2, 0) is 11.3 Å². The summed E-state index contributed by atoms with van der Waals surface area (Å²) in [6.45, 7) is 2.16. The highest BCUT2D eigenvalue weighted by atomic mass is 16.5. The zero-order valence-electron chi connectivity index (χ0n) is 12.5. The summed E-state index contributed by atoms with van der Waals surface area (Å²) >= 11 is 0. The first-order chi connectivity index (χ1) is 11.2. The van der Waals surface area contributed by atoms with Crippen molar-refractivity contribution in [2.45, 2.75) is 13.5 Å². The average molecular weight is 311 g/mol. The van der Waals surface area contributed by atoms with E-state index in [9.17, 15) is 4.79 Å². The maximum Gasteiger partial charge on any atom is 0.267 e. The summed E-state index contributed by atoms with van der Waals surface area (Å²) in [5.74, 6) is 1.48. The summed E-state index contributed by atoms with van der Waals surface area (Å²) in [6.07, 6.45) is 3.17. The lowest BCUT2D eigenvalue weighted by molar-refractivity contribution is 0.178. The number of hydrogen-bond acceptors (Lipinski definition) is 6. The maximum absolute atomic E-state index is 12.7. The highest BCUT2D eigenvalue weighted by molar-refractivity contribution is 5.78. The Morgan fingerprint density at radius 1 is 1.39 bits per heavy atom. The van der Waals surface area contributed by atoms with Crippen molar-refractivity contribution in [3.8, 4) is 5.82 Å². The van der Waals surface area contributed by atoms with Crippen LogP contribution in [0.5, 0.6) is 0 Å². The van der Waals surface area contributed by atoms with Crippen LogP contribution in [0.4, 0.5) is 0 Å². The zero-order valence-corrected chi connectivity index (χ0v) is 12.5. The Morgan fingerprint density at radius 2 is 2.26 bits per heavy atom. The summed E-state index contributed by atoms with van der Waals surface area (Å²) in [5, 5.41) is 11.7. The average Bonchev–Trinajstić information content (AvgIpc) is 3.14. The molecule has 0 saturated heterocycles. The number of aromatic nitrogens is 7. The number of hydrogen-bond donors (Lipinski definition) is 1. The number of nitrogens with zero attached hydrogens (tertiary/aromatic N) is 6. The molecule has 0 amide bonds. The predicted molar refractivity (Wildman–Crippen MR) is 81.5 cm³/mol. The van der Waals surface area contributed by atoms with Gasteiger partial charge in [-0.05, 0) is 13.0 Å². The smallest absolute Gasteiger partial charge is 0.267 e. The number of nitrogens with one attached hydrogen (secondary N) is 1. The molecule has 4 aromatic rings. The van der Waals surface area contributed by atoms with Crippen LogP contribution in [0, 0.1) is 6.92 Å². The molecule has 1 N–H and O–H groups in total. The molecule has 0 bridgehead atoms. The van der Waals surface area contributed by atoms with Gasteiger partial charge in [0.2, 0.25) is 0 Å². The van der Waals surface area contributed by atoms with Gasteiger partial charge in [0.1, 0.15) is 6.61 Å². The minimum absolute atomic E-state index is 0.216. The van der Waals surface area contributed by atoms with Gasteiger partial charge in [-0.25, -0.2) is 4.98 Å². The lowest BCUT2D eigenvalue weighted by Gasteiger charge is -2.04. The van der Waals surface area contributed by atoms with Crippen LogP contribution < -0.4 is 5.56 Å². The van der Waals surface area contributed by atoms with Crippen LogP contribution in [0.3, 0.4) is 0 Å². The third-order valence-electron chi connectivity index (χ3n) is 3.49. The van der Waals surface area contributed by atoms with E-state index in [1.54, 1.807) is 30.0 Å². The van der Waals surface area contributed by atoms with E-state index in [2.05, 4.69) is 25.3 Å². The van der Waals surface area contributed by atoms with Crippen molar-refractivity contribution in [1.82, 2.24) is 34.3 Å². The maximum atomic E-state index is 12.7. The van der Waals surface area contributed by atoms with Gasteiger partial charge in [-0.3, -0.25) is 14.5 Å². The number of aryl methyl sites for hydroxylation is 1. The molecular weight excluding hydrogens is 298 g/mol. The minimum Gasteiger partial charge on any atom is -0.377 e. The number of aromatic amines is 1. The Bertz CT molecular complexity index is 1080. The fourth-order valence-electron chi connectivity index (χ4n) is 2.46. The van der Waals surface area contributed by atoms with E-state index in [4.69, 9.17) is 4.74 Å². The molecule has 23 heavy (non-hydrogen) atoms. The highest BCUT2D eigenvalue weighted by Gasteiger charge is 2.12. The number of rotatable bonds is 3. The SMILES string of the molecule is COCc1nc2ncc3c(=O)n(-c4cc(C)[nH]n4)ccc3n2n1. The largest absolute Gasteiger partial charge is 0.377 e. The molecule has 0 atom stereocenters. The Morgan fingerprint density at radius 3 is 3.00 bits per heavy atom. The van der Waals surface area contributed by atoms with Crippen molar-refractivity contribution < 1.29 is 4.74 Å². The molecule has 0 fully saturated rings. The van der Waals surface area contributed by atoms with E-state index in [1.807, 2.05) is 6.92 Å². The molecule has 0 aromatic carbocycles. The molecule has 0 unspecified atom stereocenters. The molecule has 0 aliphatic rings. The summed E-state index contributed by atoms with van der Waals surface area (Å²) < 4.78 is 8.04. The quantitative estimate of drug-likeness (QED) is 0.594. The van der Waals surface area contributed by atoms with Crippen molar-refractivity contribution >= 4 is 16.7 Å². The van der Waals surface area contributed by atoms with E-state index in [1.165, 1.54) is 10.8 Å². The number of H-pyrrole nitrogens is 1. The lowest BCUT2D eigenvalue weighted by Crippen LogP contribution is -2.19. The third-order valence-corrected chi connectivity index (χ3v) is 3.49. The Labute approximate surface area is 129 Å². The van der Waals surface area contributed by atoms with Gasteiger partial charge in [-0.1, -0.05) is 0 Å². The van der Waals surface area contributed by atoms with Crippen molar-refractivity contribution in [2.24, 2.45) is 0 Å². The fourth-order valence-corrected chi connectivity index (χ4v) is 2.46. The molecule has 116 valence electrons. The van der Waals surface area contributed by atoms with Crippen LogP contribution in [0.1, 0.15) is 11.5 Å². The summed E-state index contributed by atoms with van der Waals surface area (Å²) in [7, 11) is 1.57. The second kappa shape index (κ2) is 4.99. The monoisotopic (exact) mass is 311 g/mol. The lowest BCUT2D eigenvalue weighted by atomic mass is 10.3. The fraction of sp³-hybridized carbons (Fsp3) is 0.214. The van der Waals surface area contributed by atoms with Gasteiger partial charge in [-0.2, -0.15) is 14.6 Å². The summed E-state index contributed by atoms with van der Waals surface area (Å²) in [6, 6.07) is 3.59. The van der Waals surface area contributed by atoms with E-state index >= 15 is 0 Å². The molecule has 0 radical (unpaired) electrons. The van der Waals surface area contributed by atoms with Crippen LogP contribution in [-0.4, -0.2) is 41.5 Å². The third kappa shape index (κ3) is 2.09. The predicted octanol–water partition coefficient (Wildman–Crippen LogP) is 0.606. The van der Waals surface area contributed by atoms with Crippen LogP contribution in [0.25, 0.3) is 22.5 Å². The molecule has 9 heteroatoms. The van der Waals surface area contributed by atoms with Crippen LogP contribution in [0.2, 0.25) is 0 Å². The van der Waals surface area contributed by atoms with E-state index in [-0.39, 0.29) is 12.2 Å². The number of methoxy groups -OCH3 is 1. The second-order valence-corrected chi connectivity index (χ2v) is 5.13.